The van der Waals surface area contributed by atoms with Gasteiger partial charge in [-0.1, -0.05) is 12.1 Å². The first-order chi connectivity index (χ1) is 10.7. The van der Waals surface area contributed by atoms with E-state index in [1.54, 1.807) is 7.11 Å². The summed E-state index contributed by atoms with van der Waals surface area (Å²) in [5.74, 6) is 1.33. The average molecular weight is 295 g/mol. The lowest BCUT2D eigenvalue weighted by Gasteiger charge is -2.06. The standard InChI is InChI=1S/C16H17N5O/c1-22-12-4-2-3-10(9-12)5-6-11-7-8-13-14(19-11)15(17)21-16(18)20-13/h2-4,7-9H,5-6H2,1H3,(H4,17,18,20,21). The highest BCUT2D eigenvalue weighted by molar-refractivity contribution is 5.84. The van der Waals surface area contributed by atoms with Crippen molar-refractivity contribution in [2.45, 2.75) is 12.8 Å². The Bertz CT molecular complexity index is 819. The topological polar surface area (TPSA) is 99.9 Å². The lowest BCUT2D eigenvalue weighted by molar-refractivity contribution is 0.414. The molecule has 0 atom stereocenters. The Balaban J connectivity index is 1.82. The summed E-state index contributed by atoms with van der Waals surface area (Å²) in [7, 11) is 1.67. The van der Waals surface area contributed by atoms with Crippen molar-refractivity contribution in [1.82, 2.24) is 15.0 Å². The van der Waals surface area contributed by atoms with Gasteiger partial charge in [-0.05, 0) is 42.7 Å². The third kappa shape index (κ3) is 2.90. The number of aromatic nitrogens is 3. The van der Waals surface area contributed by atoms with E-state index in [9.17, 15) is 0 Å². The lowest BCUT2D eigenvalue weighted by atomic mass is 10.1. The monoisotopic (exact) mass is 295 g/mol. The molecule has 0 fully saturated rings. The number of ether oxygens (including phenoxy) is 1. The van der Waals surface area contributed by atoms with Crippen LogP contribution in [0.1, 0.15) is 11.3 Å². The van der Waals surface area contributed by atoms with E-state index in [1.165, 1.54) is 5.56 Å². The van der Waals surface area contributed by atoms with Crippen LogP contribution in [0.5, 0.6) is 5.75 Å². The summed E-state index contributed by atoms with van der Waals surface area (Å²) >= 11 is 0. The minimum Gasteiger partial charge on any atom is -0.497 e. The molecule has 0 aliphatic heterocycles. The van der Waals surface area contributed by atoms with Crippen LogP contribution in [0, 0.1) is 0 Å². The summed E-state index contributed by atoms with van der Waals surface area (Å²) < 4.78 is 5.23. The van der Waals surface area contributed by atoms with Crippen molar-refractivity contribution < 1.29 is 4.74 Å². The normalized spacial score (nSPS) is 10.8. The highest BCUT2D eigenvalue weighted by Gasteiger charge is 2.06. The number of nitrogen functional groups attached to an aromatic ring is 2. The van der Waals surface area contributed by atoms with E-state index >= 15 is 0 Å². The maximum absolute atomic E-state index is 5.86. The van der Waals surface area contributed by atoms with Gasteiger partial charge in [0.2, 0.25) is 5.95 Å². The Morgan fingerprint density at radius 1 is 1.00 bits per heavy atom. The Hall–Kier alpha value is -2.89. The summed E-state index contributed by atoms with van der Waals surface area (Å²) in [4.78, 5) is 12.6. The van der Waals surface area contributed by atoms with Crippen molar-refractivity contribution >= 4 is 22.8 Å². The van der Waals surface area contributed by atoms with Crippen molar-refractivity contribution in [2.24, 2.45) is 0 Å². The maximum Gasteiger partial charge on any atom is 0.222 e. The van der Waals surface area contributed by atoms with Crippen molar-refractivity contribution in [3.05, 3.63) is 47.7 Å². The molecule has 1 aromatic carbocycles. The zero-order chi connectivity index (χ0) is 15.5. The Morgan fingerprint density at radius 2 is 1.86 bits per heavy atom. The van der Waals surface area contributed by atoms with Gasteiger partial charge in [0, 0.05) is 5.69 Å². The van der Waals surface area contributed by atoms with Gasteiger partial charge in [0.25, 0.3) is 0 Å². The summed E-state index contributed by atoms with van der Waals surface area (Å²) in [5.41, 5.74) is 14.8. The molecule has 2 aromatic heterocycles. The van der Waals surface area contributed by atoms with Crippen LogP contribution in [0.15, 0.2) is 36.4 Å². The van der Waals surface area contributed by atoms with E-state index in [4.69, 9.17) is 16.2 Å². The van der Waals surface area contributed by atoms with Crippen LogP contribution in [0.3, 0.4) is 0 Å². The van der Waals surface area contributed by atoms with Gasteiger partial charge >= 0.3 is 0 Å². The van der Waals surface area contributed by atoms with E-state index in [2.05, 4.69) is 21.0 Å². The molecule has 3 aromatic rings. The molecule has 0 spiro atoms. The molecule has 6 heteroatoms. The average Bonchev–Trinajstić information content (AvgIpc) is 2.53. The quantitative estimate of drug-likeness (QED) is 0.763. The first-order valence-electron chi connectivity index (χ1n) is 6.97. The first-order valence-corrected chi connectivity index (χ1v) is 6.97. The van der Waals surface area contributed by atoms with E-state index in [-0.39, 0.29) is 5.95 Å². The summed E-state index contributed by atoms with van der Waals surface area (Å²) in [6.45, 7) is 0. The van der Waals surface area contributed by atoms with Gasteiger partial charge in [0.05, 0.1) is 12.6 Å². The van der Waals surface area contributed by atoms with Crippen molar-refractivity contribution in [2.75, 3.05) is 18.6 Å². The second kappa shape index (κ2) is 5.85. The van der Waals surface area contributed by atoms with Gasteiger partial charge in [-0.15, -0.1) is 0 Å². The van der Waals surface area contributed by atoms with Gasteiger partial charge in [-0.25, -0.2) is 9.97 Å². The largest absolute Gasteiger partial charge is 0.497 e. The zero-order valence-corrected chi connectivity index (χ0v) is 12.3. The van der Waals surface area contributed by atoms with Gasteiger partial charge < -0.3 is 16.2 Å². The molecule has 0 unspecified atom stereocenters. The smallest absolute Gasteiger partial charge is 0.222 e. The number of anilines is 2. The number of nitrogens with two attached hydrogens (primary N) is 2. The lowest BCUT2D eigenvalue weighted by Crippen LogP contribution is -2.03. The molecule has 6 nitrogen and oxygen atoms in total. The SMILES string of the molecule is COc1cccc(CCc2ccc3nc(N)nc(N)c3n2)c1. The predicted octanol–water partition coefficient (Wildman–Crippen LogP) is 1.98. The molecular formula is C16H17N5O. The van der Waals surface area contributed by atoms with Crippen LogP contribution in [0.25, 0.3) is 11.0 Å². The van der Waals surface area contributed by atoms with Gasteiger partial charge in [-0.3, -0.25) is 0 Å². The number of methoxy groups -OCH3 is 1. The fraction of sp³-hybridized carbons (Fsp3) is 0.188. The van der Waals surface area contributed by atoms with Crippen molar-refractivity contribution in [3.63, 3.8) is 0 Å². The number of rotatable bonds is 4. The van der Waals surface area contributed by atoms with Crippen LogP contribution < -0.4 is 16.2 Å². The van der Waals surface area contributed by atoms with Crippen molar-refractivity contribution in [3.8, 4) is 5.75 Å². The zero-order valence-electron chi connectivity index (χ0n) is 12.3. The molecule has 4 N–H and O–H groups in total. The summed E-state index contributed by atoms with van der Waals surface area (Å²) in [5, 5.41) is 0. The molecule has 112 valence electrons. The van der Waals surface area contributed by atoms with E-state index in [1.807, 2.05) is 30.3 Å². The number of aryl methyl sites for hydroxylation is 2. The van der Waals surface area contributed by atoms with Crippen LogP contribution in [-0.2, 0) is 12.8 Å². The number of nitrogens with zero attached hydrogens (tertiary/aromatic N) is 3. The molecule has 2 heterocycles. The minimum absolute atomic E-state index is 0.163. The minimum atomic E-state index is 0.163. The fourth-order valence-electron chi connectivity index (χ4n) is 2.34. The third-order valence-electron chi connectivity index (χ3n) is 3.45. The van der Waals surface area contributed by atoms with E-state index < -0.39 is 0 Å². The highest BCUT2D eigenvalue weighted by Crippen LogP contribution is 2.18. The first kappa shape index (κ1) is 14.1. The number of hydrogen-bond donors (Lipinski definition) is 2. The van der Waals surface area contributed by atoms with Crippen LogP contribution in [0.2, 0.25) is 0 Å². The maximum atomic E-state index is 5.86. The second-order valence-corrected chi connectivity index (χ2v) is 4.99. The van der Waals surface area contributed by atoms with Crippen LogP contribution >= 0.6 is 0 Å². The van der Waals surface area contributed by atoms with Crippen LogP contribution in [0.4, 0.5) is 11.8 Å². The van der Waals surface area contributed by atoms with E-state index in [0.29, 0.717) is 16.9 Å². The van der Waals surface area contributed by atoms with Crippen molar-refractivity contribution in [1.29, 1.82) is 0 Å². The summed E-state index contributed by atoms with van der Waals surface area (Å²) in [6.07, 6.45) is 1.67. The van der Waals surface area contributed by atoms with Gasteiger partial charge in [0.15, 0.2) is 5.82 Å². The van der Waals surface area contributed by atoms with Gasteiger partial charge in [0.1, 0.15) is 11.3 Å². The molecule has 0 amide bonds. The fourth-order valence-corrected chi connectivity index (χ4v) is 2.34. The molecule has 0 aliphatic rings. The molecule has 0 aliphatic carbocycles. The van der Waals surface area contributed by atoms with Gasteiger partial charge in [-0.2, -0.15) is 4.98 Å². The molecule has 3 rings (SSSR count). The number of pyridine rings is 1. The molecule has 22 heavy (non-hydrogen) atoms. The van der Waals surface area contributed by atoms with Crippen LogP contribution in [-0.4, -0.2) is 22.1 Å². The highest BCUT2D eigenvalue weighted by atomic mass is 16.5. The molecule has 0 saturated carbocycles. The number of hydrogen-bond acceptors (Lipinski definition) is 6. The van der Waals surface area contributed by atoms with E-state index in [0.717, 1.165) is 24.3 Å². The Kier molecular flexibility index (Phi) is 3.74. The summed E-state index contributed by atoms with van der Waals surface area (Å²) in [6, 6.07) is 11.8. The molecular weight excluding hydrogens is 278 g/mol. The third-order valence-corrected chi connectivity index (χ3v) is 3.45. The predicted molar refractivity (Wildman–Crippen MR) is 86.6 cm³/mol. The number of benzene rings is 1. The second-order valence-electron chi connectivity index (χ2n) is 4.99. The Morgan fingerprint density at radius 3 is 2.68 bits per heavy atom. The molecule has 0 bridgehead atoms. The molecule has 0 saturated heterocycles. The number of fused-ring (bicyclic) bond motifs is 1. The molecule has 0 radical (unpaired) electrons. The Labute approximate surface area is 128 Å².